The third kappa shape index (κ3) is 3.26. The van der Waals surface area contributed by atoms with Crippen LogP contribution < -0.4 is 14.8 Å². The van der Waals surface area contributed by atoms with E-state index in [2.05, 4.69) is 20.6 Å². The monoisotopic (exact) mass is 403 g/mol. The van der Waals surface area contributed by atoms with Crippen LogP contribution in [0, 0.1) is 5.82 Å². The molecule has 0 aliphatic carbocycles. The van der Waals surface area contributed by atoms with Gasteiger partial charge in [-0.15, -0.1) is 15.3 Å². The maximum atomic E-state index is 14.4. The molecule has 0 fully saturated rings. The number of methoxy groups -OCH3 is 2. The standard InChI is InChI=1S/C19H16F3N5O2/c1-28-14-6-12-13(7-15(14)29-2)19-25-24-9-27(19)26-18(12)23-8-10-4-3-5-11(16(10)20)17(21)22/h3-7,9,17H,8H2,1-2H3,(H,23,26). The second-order valence-electron chi connectivity index (χ2n) is 6.18. The van der Waals surface area contributed by atoms with Gasteiger partial charge in [0, 0.05) is 22.9 Å². The first-order valence-corrected chi connectivity index (χ1v) is 8.58. The number of hydrogen-bond donors (Lipinski definition) is 1. The largest absolute Gasteiger partial charge is 0.493 e. The average Bonchev–Trinajstić information content (AvgIpc) is 3.20. The van der Waals surface area contributed by atoms with Gasteiger partial charge in [0.05, 0.1) is 19.8 Å². The minimum Gasteiger partial charge on any atom is -0.493 e. The number of nitrogens with zero attached hydrogens (tertiary/aromatic N) is 4. The lowest BCUT2D eigenvalue weighted by Gasteiger charge is -2.14. The third-order valence-corrected chi connectivity index (χ3v) is 4.55. The van der Waals surface area contributed by atoms with Gasteiger partial charge in [-0.05, 0) is 12.1 Å². The van der Waals surface area contributed by atoms with E-state index in [1.807, 2.05) is 0 Å². The molecule has 0 spiro atoms. The normalized spacial score (nSPS) is 11.4. The van der Waals surface area contributed by atoms with Crippen molar-refractivity contribution >= 4 is 22.2 Å². The Labute approximate surface area is 163 Å². The molecule has 0 saturated carbocycles. The van der Waals surface area contributed by atoms with E-state index in [-0.39, 0.29) is 12.1 Å². The Kier molecular flexibility index (Phi) is 4.83. The molecular weight excluding hydrogens is 387 g/mol. The molecule has 29 heavy (non-hydrogen) atoms. The van der Waals surface area contributed by atoms with Crippen LogP contribution >= 0.6 is 0 Å². The number of nitrogens with one attached hydrogen (secondary N) is 1. The highest BCUT2D eigenvalue weighted by Crippen LogP contribution is 2.36. The summed E-state index contributed by atoms with van der Waals surface area (Å²) < 4.78 is 52.4. The summed E-state index contributed by atoms with van der Waals surface area (Å²) in [5, 5.41) is 16.7. The second kappa shape index (κ2) is 7.46. The Hall–Kier alpha value is -3.56. The van der Waals surface area contributed by atoms with Crippen LogP contribution in [0.3, 0.4) is 0 Å². The fourth-order valence-electron chi connectivity index (χ4n) is 3.12. The number of halogens is 3. The Morgan fingerprint density at radius 1 is 1.10 bits per heavy atom. The van der Waals surface area contributed by atoms with E-state index in [0.29, 0.717) is 33.7 Å². The predicted molar refractivity (Wildman–Crippen MR) is 100 cm³/mol. The van der Waals surface area contributed by atoms with Crippen LogP contribution in [-0.2, 0) is 6.54 Å². The van der Waals surface area contributed by atoms with Crippen LogP contribution in [0.1, 0.15) is 17.6 Å². The summed E-state index contributed by atoms with van der Waals surface area (Å²) in [5.74, 6) is 0.413. The molecule has 10 heteroatoms. The lowest BCUT2D eigenvalue weighted by Crippen LogP contribution is -2.08. The van der Waals surface area contributed by atoms with Gasteiger partial charge in [-0.1, -0.05) is 18.2 Å². The molecule has 4 rings (SSSR count). The first kappa shape index (κ1) is 18.8. The van der Waals surface area contributed by atoms with Crippen LogP contribution in [0.15, 0.2) is 36.7 Å². The molecule has 0 atom stereocenters. The zero-order valence-corrected chi connectivity index (χ0v) is 15.5. The maximum Gasteiger partial charge on any atom is 0.266 e. The van der Waals surface area contributed by atoms with Gasteiger partial charge in [0.2, 0.25) is 0 Å². The zero-order valence-electron chi connectivity index (χ0n) is 15.5. The quantitative estimate of drug-likeness (QED) is 0.525. The number of aromatic nitrogens is 4. The highest BCUT2D eigenvalue weighted by atomic mass is 19.3. The van der Waals surface area contributed by atoms with E-state index in [1.165, 1.54) is 37.2 Å². The van der Waals surface area contributed by atoms with E-state index in [4.69, 9.17) is 9.47 Å². The van der Waals surface area contributed by atoms with E-state index in [0.717, 1.165) is 6.07 Å². The Morgan fingerprint density at radius 2 is 1.83 bits per heavy atom. The number of fused-ring (bicyclic) bond motifs is 3. The second-order valence-corrected chi connectivity index (χ2v) is 6.18. The van der Waals surface area contributed by atoms with Crippen molar-refractivity contribution in [2.45, 2.75) is 13.0 Å². The van der Waals surface area contributed by atoms with Crippen molar-refractivity contribution in [2.75, 3.05) is 19.5 Å². The molecule has 0 aliphatic heterocycles. The van der Waals surface area contributed by atoms with Gasteiger partial charge in [-0.3, -0.25) is 0 Å². The van der Waals surface area contributed by atoms with E-state index in [1.54, 1.807) is 12.1 Å². The van der Waals surface area contributed by atoms with E-state index < -0.39 is 17.8 Å². The van der Waals surface area contributed by atoms with Crippen LogP contribution in [0.4, 0.5) is 19.0 Å². The molecular formula is C19H16F3N5O2. The van der Waals surface area contributed by atoms with Gasteiger partial charge < -0.3 is 14.8 Å². The zero-order chi connectivity index (χ0) is 20.5. The molecule has 4 aromatic rings. The van der Waals surface area contributed by atoms with Crippen molar-refractivity contribution in [2.24, 2.45) is 0 Å². The van der Waals surface area contributed by atoms with Crippen LogP contribution in [-0.4, -0.2) is 34.0 Å². The van der Waals surface area contributed by atoms with Crippen LogP contribution in [0.25, 0.3) is 16.4 Å². The highest BCUT2D eigenvalue weighted by molar-refractivity contribution is 6.01. The molecule has 2 aromatic carbocycles. The molecule has 0 saturated heterocycles. The summed E-state index contributed by atoms with van der Waals surface area (Å²) in [6.07, 6.45) is -1.46. The summed E-state index contributed by atoms with van der Waals surface area (Å²) in [6.45, 7) is -0.0452. The van der Waals surface area contributed by atoms with Gasteiger partial charge in [0.1, 0.15) is 12.1 Å². The van der Waals surface area contributed by atoms with Gasteiger partial charge in [0.25, 0.3) is 6.43 Å². The number of anilines is 1. The Morgan fingerprint density at radius 3 is 2.52 bits per heavy atom. The molecule has 150 valence electrons. The Bertz CT molecular complexity index is 1200. The minimum absolute atomic E-state index is 0.0452. The minimum atomic E-state index is -2.89. The number of ether oxygens (including phenoxy) is 2. The van der Waals surface area contributed by atoms with Crippen molar-refractivity contribution in [1.82, 2.24) is 19.8 Å². The van der Waals surface area contributed by atoms with Crippen LogP contribution in [0.2, 0.25) is 0 Å². The summed E-state index contributed by atoms with van der Waals surface area (Å²) in [6, 6.07) is 7.35. The molecule has 2 heterocycles. The molecule has 0 bridgehead atoms. The summed E-state index contributed by atoms with van der Waals surface area (Å²) in [5.41, 5.74) is -0.0396. The maximum absolute atomic E-state index is 14.4. The van der Waals surface area contributed by atoms with Crippen molar-refractivity contribution in [3.63, 3.8) is 0 Å². The SMILES string of the molecule is COc1cc2c(NCc3cccc(C(F)F)c3F)nn3cnnc3c2cc1OC. The van der Waals surface area contributed by atoms with Crippen molar-refractivity contribution in [3.8, 4) is 11.5 Å². The average molecular weight is 403 g/mol. The smallest absolute Gasteiger partial charge is 0.266 e. The summed E-state index contributed by atoms with van der Waals surface area (Å²) in [4.78, 5) is 0. The molecule has 2 aromatic heterocycles. The van der Waals surface area contributed by atoms with Crippen molar-refractivity contribution in [3.05, 3.63) is 53.6 Å². The highest BCUT2D eigenvalue weighted by Gasteiger charge is 2.18. The van der Waals surface area contributed by atoms with Crippen molar-refractivity contribution in [1.29, 1.82) is 0 Å². The van der Waals surface area contributed by atoms with Crippen LogP contribution in [0.5, 0.6) is 11.5 Å². The van der Waals surface area contributed by atoms with Gasteiger partial charge in [0.15, 0.2) is 23.0 Å². The van der Waals surface area contributed by atoms with E-state index in [9.17, 15) is 13.2 Å². The molecule has 0 amide bonds. The molecule has 1 N–H and O–H groups in total. The number of benzene rings is 2. The fourth-order valence-corrected chi connectivity index (χ4v) is 3.12. The molecule has 7 nitrogen and oxygen atoms in total. The number of hydrogen-bond acceptors (Lipinski definition) is 6. The third-order valence-electron chi connectivity index (χ3n) is 4.55. The molecule has 0 unspecified atom stereocenters. The number of rotatable bonds is 6. The lowest BCUT2D eigenvalue weighted by molar-refractivity contribution is 0.146. The van der Waals surface area contributed by atoms with Gasteiger partial charge >= 0.3 is 0 Å². The van der Waals surface area contributed by atoms with E-state index >= 15 is 0 Å². The molecule has 0 aliphatic rings. The number of alkyl halides is 2. The van der Waals surface area contributed by atoms with Crippen molar-refractivity contribution < 1.29 is 22.6 Å². The predicted octanol–water partition coefficient (Wildman–Crippen LogP) is 3.98. The lowest BCUT2D eigenvalue weighted by atomic mass is 10.1. The Balaban J connectivity index is 1.80. The van der Waals surface area contributed by atoms with Gasteiger partial charge in [-0.25, -0.2) is 13.2 Å². The van der Waals surface area contributed by atoms with Gasteiger partial charge in [-0.2, -0.15) is 4.52 Å². The topological polar surface area (TPSA) is 73.6 Å². The summed E-state index contributed by atoms with van der Waals surface area (Å²) in [7, 11) is 3.02. The fraction of sp³-hybridized carbons (Fsp3) is 0.211. The molecule has 0 radical (unpaired) electrons. The summed E-state index contributed by atoms with van der Waals surface area (Å²) >= 11 is 0. The first-order valence-electron chi connectivity index (χ1n) is 8.58. The first-order chi connectivity index (χ1) is 14.0.